The minimum atomic E-state index is -0.180. The maximum absolute atomic E-state index is 13.1. The Bertz CT molecular complexity index is 865. The van der Waals surface area contributed by atoms with Crippen LogP contribution in [0.25, 0.3) is 0 Å². The fourth-order valence-corrected chi connectivity index (χ4v) is 4.70. The summed E-state index contributed by atoms with van der Waals surface area (Å²) >= 11 is 3.67. The summed E-state index contributed by atoms with van der Waals surface area (Å²) in [7, 11) is 0. The van der Waals surface area contributed by atoms with Crippen molar-refractivity contribution in [1.29, 1.82) is 0 Å². The third kappa shape index (κ3) is 2.37. The van der Waals surface area contributed by atoms with Crippen LogP contribution in [0.4, 0.5) is 5.82 Å². The molecule has 1 aromatic heterocycles. The summed E-state index contributed by atoms with van der Waals surface area (Å²) in [5, 5.41) is 7.45. The number of benzene rings is 1. The van der Waals surface area contributed by atoms with Gasteiger partial charge in [-0.3, -0.25) is 9.89 Å². The van der Waals surface area contributed by atoms with Gasteiger partial charge >= 0.3 is 0 Å². The number of fused-ring (bicyclic) bond motifs is 2. The number of carbonyl (C=O) groups is 1. The van der Waals surface area contributed by atoms with Gasteiger partial charge in [-0.25, -0.2) is 4.99 Å². The average Bonchev–Trinajstić information content (AvgIpc) is 2.86. The second kappa shape index (κ2) is 5.38. The summed E-state index contributed by atoms with van der Waals surface area (Å²) in [5.41, 5.74) is 4.13. The third-order valence-electron chi connectivity index (χ3n) is 5.13. The molecule has 0 amide bonds. The van der Waals surface area contributed by atoms with Gasteiger partial charge in [0.2, 0.25) is 0 Å². The van der Waals surface area contributed by atoms with Crippen LogP contribution in [-0.2, 0) is 4.79 Å². The van der Waals surface area contributed by atoms with Gasteiger partial charge in [-0.05, 0) is 30.4 Å². The number of hydrogen-bond acceptors (Lipinski definition) is 3. The lowest BCUT2D eigenvalue weighted by Crippen LogP contribution is -2.42. The maximum atomic E-state index is 13.1. The van der Waals surface area contributed by atoms with Crippen LogP contribution in [0, 0.1) is 18.3 Å². The first-order valence-corrected chi connectivity index (χ1v) is 9.06. The number of carbonyl (C=O) groups excluding carboxylic acids is 1. The van der Waals surface area contributed by atoms with Crippen molar-refractivity contribution in [2.45, 2.75) is 39.5 Å². The molecule has 0 spiro atoms. The Labute approximate surface area is 149 Å². The predicted octanol–water partition coefficient (Wildman–Crippen LogP) is 4.70. The van der Waals surface area contributed by atoms with E-state index in [4.69, 9.17) is 4.99 Å². The number of nitrogens with zero attached hydrogens (tertiary/aromatic N) is 2. The van der Waals surface area contributed by atoms with Crippen LogP contribution < -0.4 is 0 Å². The van der Waals surface area contributed by atoms with Crippen molar-refractivity contribution >= 4 is 33.2 Å². The molecule has 5 heteroatoms. The van der Waals surface area contributed by atoms with Crippen LogP contribution in [0.5, 0.6) is 0 Å². The zero-order chi connectivity index (χ0) is 17.1. The first-order chi connectivity index (χ1) is 11.4. The lowest BCUT2D eigenvalue weighted by Gasteiger charge is -2.40. The minimum absolute atomic E-state index is 0.0228. The first-order valence-electron chi connectivity index (χ1n) is 8.27. The molecule has 24 heavy (non-hydrogen) atoms. The van der Waals surface area contributed by atoms with Crippen molar-refractivity contribution in [3.63, 3.8) is 0 Å². The first kappa shape index (κ1) is 15.8. The Balaban J connectivity index is 1.95. The number of aromatic nitrogens is 2. The largest absolute Gasteiger partial charge is 0.299 e. The Kier molecular flexibility index (Phi) is 3.53. The minimum Gasteiger partial charge on any atom is -0.299 e. The number of halogens is 1. The van der Waals surface area contributed by atoms with Gasteiger partial charge in [0.15, 0.2) is 5.82 Å². The van der Waals surface area contributed by atoms with Gasteiger partial charge in [-0.1, -0.05) is 48.0 Å². The molecule has 2 atom stereocenters. The van der Waals surface area contributed by atoms with Crippen LogP contribution in [0.1, 0.15) is 49.4 Å². The molecule has 4 nitrogen and oxygen atoms in total. The van der Waals surface area contributed by atoms with Gasteiger partial charge in [0.25, 0.3) is 0 Å². The molecule has 1 aliphatic carbocycles. The number of hydrogen-bond donors (Lipinski definition) is 1. The molecule has 1 aromatic carbocycles. The normalized spacial score (nSPS) is 25.0. The van der Waals surface area contributed by atoms with Crippen LogP contribution in [-0.4, -0.2) is 21.7 Å². The van der Waals surface area contributed by atoms with Gasteiger partial charge in [0, 0.05) is 33.8 Å². The summed E-state index contributed by atoms with van der Waals surface area (Å²) in [6.45, 7) is 6.29. The molecule has 124 valence electrons. The van der Waals surface area contributed by atoms with E-state index in [9.17, 15) is 4.79 Å². The molecule has 2 aromatic rings. The Hall–Kier alpha value is -1.75. The van der Waals surface area contributed by atoms with E-state index in [2.05, 4.69) is 46.0 Å². The molecular formula is C19H20BrN3O. The lowest BCUT2D eigenvalue weighted by atomic mass is 9.64. The number of nitrogens with one attached hydrogen (secondary N) is 1. The highest BCUT2D eigenvalue weighted by molar-refractivity contribution is 9.10. The van der Waals surface area contributed by atoms with Crippen LogP contribution >= 0.6 is 15.9 Å². The van der Waals surface area contributed by atoms with E-state index in [0.717, 1.165) is 39.2 Å². The fourth-order valence-electron chi connectivity index (χ4n) is 4.17. The number of Topliss-reactive ketones (excluding diaryl/α,β-unsaturated/α-hetero) is 1. The van der Waals surface area contributed by atoms with Crippen LogP contribution in [0.2, 0.25) is 0 Å². The molecule has 0 saturated heterocycles. The molecule has 0 bridgehead atoms. The van der Waals surface area contributed by atoms with Crippen LogP contribution in [0.15, 0.2) is 33.7 Å². The molecule has 2 heterocycles. The highest BCUT2D eigenvalue weighted by Gasteiger charge is 2.47. The maximum Gasteiger partial charge on any atom is 0.177 e. The molecule has 1 saturated carbocycles. The Morgan fingerprint density at radius 2 is 1.96 bits per heavy atom. The molecule has 2 aliphatic rings. The van der Waals surface area contributed by atoms with Crippen molar-refractivity contribution in [2.75, 3.05) is 0 Å². The molecule has 1 N–H and O–H groups in total. The number of aryl methyl sites for hydroxylation is 1. The van der Waals surface area contributed by atoms with Gasteiger partial charge in [0.05, 0.1) is 5.92 Å². The average molecular weight is 386 g/mol. The second-order valence-corrected chi connectivity index (χ2v) is 8.50. The Morgan fingerprint density at radius 3 is 2.71 bits per heavy atom. The van der Waals surface area contributed by atoms with Gasteiger partial charge in [-0.2, -0.15) is 5.10 Å². The number of rotatable bonds is 1. The van der Waals surface area contributed by atoms with E-state index in [0.29, 0.717) is 6.42 Å². The topological polar surface area (TPSA) is 58.1 Å². The third-order valence-corrected chi connectivity index (χ3v) is 5.85. The number of H-pyrrole nitrogens is 1. The van der Waals surface area contributed by atoms with Gasteiger partial charge < -0.3 is 0 Å². The number of ketones is 1. The van der Waals surface area contributed by atoms with E-state index in [1.165, 1.54) is 0 Å². The van der Waals surface area contributed by atoms with Gasteiger partial charge in [-0.15, -0.1) is 0 Å². The summed E-state index contributed by atoms with van der Waals surface area (Å²) in [6, 6.07) is 8.16. The highest BCUT2D eigenvalue weighted by Crippen LogP contribution is 2.50. The number of aliphatic imine (C=N–C) groups is 1. The smallest absolute Gasteiger partial charge is 0.177 e. The summed E-state index contributed by atoms with van der Waals surface area (Å²) < 4.78 is 1.03. The molecule has 1 aliphatic heterocycles. The molecule has 4 rings (SSSR count). The molecular weight excluding hydrogens is 366 g/mol. The molecule has 1 fully saturated rings. The summed E-state index contributed by atoms with van der Waals surface area (Å²) in [5.74, 6) is 0.827. The van der Waals surface area contributed by atoms with Gasteiger partial charge in [0.1, 0.15) is 5.78 Å². The fraction of sp³-hybridized carbons (Fsp3) is 0.421. The highest BCUT2D eigenvalue weighted by atomic mass is 79.9. The molecule has 2 unspecified atom stereocenters. The SMILES string of the molecule is Cc1[nH]nc2c1C(c1ccccc1Br)C1C(=O)CC(C)(C)CC1=N2. The standard InChI is InChI=1S/C19H20BrN3O/c1-10-15-16(11-6-4-5-7-12(11)20)17-13(21-18(15)23-22-10)8-19(2,3)9-14(17)24/h4-7,16-17H,8-9H2,1-3H3,(H,22,23). The van der Waals surface area contributed by atoms with E-state index in [1.807, 2.05) is 25.1 Å². The lowest BCUT2D eigenvalue weighted by molar-refractivity contribution is -0.124. The van der Waals surface area contributed by atoms with E-state index >= 15 is 0 Å². The van der Waals surface area contributed by atoms with Crippen molar-refractivity contribution in [1.82, 2.24) is 10.2 Å². The number of aromatic amines is 1. The van der Waals surface area contributed by atoms with E-state index in [-0.39, 0.29) is 23.0 Å². The van der Waals surface area contributed by atoms with E-state index in [1.54, 1.807) is 0 Å². The van der Waals surface area contributed by atoms with E-state index < -0.39 is 0 Å². The van der Waals surface area contributed by atoms with Crippen molar-refractivity contribution in [3.8, 4) is 0 Å². The predicted molar refractivity (Wildman–Crippen MR) is 97.9 cm³/mol. The summed E-state index contributed by atoms with van der Waals surface area (Å²) in [4.78, 5) is 17.8. The zero-order valence-electron chi connectivity index (χ0n) is 14.1. The van der Waals surface area contributed by atoms with Crippen molar-refractivity contribution in [2.24, 2.45) is 16.3 Å². The molecule has 0 radical (unpaired) electrons. The van der Waals surface area contributed by atoms with Crippen molar-refractivity contribution in [3.05, 3.63) is 45.6 Å². The Morgan fingerprint density at radius 1 is 1.21 bits per heavy atom. The summed E-state index contributed by atoms with van der Waals surface area (Å²) in [6.07, 6.45) is 1.44. The van der Waals surface area contributed by atoms with Crippen molar-refractivity contribution < 1.29 is 4.79 Å². The second-order valence-electron chi connectivity index (χ2n) is 7.65. The monoisotopic (exact) mass is 385 g/mol. The quantitative estimate of drug-likeness (QED) is 0.772. The van der Waals surface area contributed by atoms with Crippen LogP contribution in [0.3, 0.4) is 0 Å². The zero-order valence-corrected chi connectivity index (χ0v) is 15.6.